The average molecular weight is 277 g/mol. The molecule has 0 unspecified atom stereocenters. The van der Waals surface area contributed by atoms with Crippen molar-refractivity contribution in [3.8, 4) is 11.5 Å². The van der Waals surface area contributed by atoms with Crippen LogP contribution in [-0.2, 0) is 4.79 Å². The smallest absolute Gasteiger partial charge is 0.244 e. The predicted molar refractivity (Wildman–Crippen MR) is 81.1 cm³/mol. The van der Waals surface area contributed by atoms with Gasteiger partial charge < -0.3 is 14.8 Å². The van der Waals surface area contributed by atoms with Crippen LogP contribution in [0, 0.1) is 0 Å². The molecule has 4 heteroatoms. The van der Waals surface area contributed by atoms with Crippen LogP contribution in [0.5, 0.6) is 11.5 Å². The molecule has 0 aromatic heterocycles. The standard InChI is InChI=1S/C16H23NO3/c1-5-10-20-14-8-6-13(11-15(14)19-4)7-9-16(18)17-12(2)3/h6-9,11-12H,5,10H2,1-4H3,(H,17,18)/b9-7+. The molecule has 1 aromatic rings. The lowest BCUT2D eigenvalue weighted by atomic mass is 10.2. The summed E-state index contributed by atoms with van der Waals surface area (Å²) in [6, 6.07) is 5.73. The molecule has 4 nitrogen and oxygen atoms in total. The average Bonchev–Trinajstić information content (AvgIpc) is 2.42. The summed E-state index contributed by atoms with van der Waals surface area (Å²) >= 11 is 0. The Kier molecular flexibility index (Phi) is 6.64. The minimum Gasteiger partial charge on any atom is -0.493 e. The molecule has 1 N–H and O–H groups in total. The molecule has 0 spiro atoms. The molecular weight excluding hydrogens is 254 g/mol. The minimum atomic E-state index is -0.106. The Bertz CT molecular complexity index is 467. The zero-order valence-corrected chi connectivity index (χ0v) is 12.6. The Hall–Kier alpha value is -1.97. The van der Waals surface area contributed by atoms with Crippen molar-refractivity contribution in [2.75, 3.05) is 13.7 Å². The number of hydrogen-bond donors (Lipinski definition) is 1. The molecule has 0 radical (unpaired) electrons. The maximum absolute atomic E-state index is 11.5. The van der Waals surface area contributed by atoms with Crippen molar-refractivity contribution in [2.24, 2.45) is 0 Å². The molecule has 1 rings (SSSR count). The van der Waals surface area contributed by atoms with Crippen LogP contribution in [0.15, 0.2) is 24.3 Å². The summed E-state index contributed by atoms with van der Waals surface area (Å²) < 4.78 is 10.9. The minimum absolute atomic E-state index is 0.106. The number of benzene rings is 1. The molecule has 20 heavy (non-hydrogen) atoms. The second-order valence-corrected chi connectivity index (χ2v) is 4.76. The van der Waals surface area contributed by atoms with Crippen molar-refractivity contribution >= 4 is 12.0 Å². The molecule has 1 aromatic carbocycles. The molecule has 0 heterocycles. The van der Waals surface area contributed by atoms with Crippen molar-refractivity contribution in [1.82, 2.24) is 5.32 Å². The predicted octanol–water partition coefficient (Wildman–Crippen LogP) is 3.02. The van der Waals surface area contributed by atoms with Gasteiger partial charge in [-0.3, -0.25) is 4.79 Å². The van der Waals surface area contributed by atoms with E-state index in [9.17, 15) is 4.79 Å². The van der Waals surface area contributed by atoms with Crippen molar-refractivity contribution in [3.63, 3.8) is 0 Å². The van der Waals surface area contributed by atoms with E-state index in [4.69, 9.17) is 9.47 Å². The highest BCUT2D eigenvalue weighted by atomic mass is 16.5. The van der Waals surface area contributed by atoms with Gasteiger partial charge in [0.05, 0.1) is 13.7 Å². The first kappa shape index (κ1) is 16.1. The summed E-state index contributed by atoms with van der Waals surface area (Å²) in [5.74, 6) is 1.29. The third-order valence-electron chi connectivity index (χ3n) is 2.51. The van der Waals surface area contributed by atoms with E-state index in [2.05, 4.69) is 12.2 Å². The highest BCUT2D eigenvalue weighted by molar-refractivity contribution is 5.91. The van der Waals surface area contributed by atoms with E-state index in [0.717, 1.165) is 17.7 Å². The summed E-state index contributed by atoms with van der Waals surface area (Å²) in [4.78, 5) is 11.5. The lowest BCUT2D eigenvalue weighted by molar-refractivity contribution is -0.116. The van der Waals surface area contributed by atoms with Gasteiger partial charge >= 0.3 is 0 Å². The van der Waals surface area contributed by atoms with Crippen LogP contribution in [-0.4, -0.2) is 25.7 Å². The van der Waals surface area contributed by atoms with Gasteiger partial charge in [0.25, 0.3) is 0 Å². The van der Waals surface area contributed by atoms with Gasteiger partial charge in [0.1, 0.15) is 0 Å². The normalized spacial score (nSPS) is 10.8. The van der Waals surface area contributed by atoms with E-state index < -0.39 is 0 Å². The van der Waals surface area contributed by atoms with Gasteiger partial charge in [0.2, 0.25) is 5.91 Å². The summed E-state index contributed by atoms with van der Waals surface area (Å²) in [6.07, 6.45) is 4.21. The number of methoxy groups -OCH3 is 1. The van der Waals surface area contributed by atoms with Crippen molar-refractivity contribution in [2.45, 2.75) is 33.2 Å². The highest BCUT2D eigenvalue weighted by Gasteiger charge is 2.04. The van der Waals surface area contributed by atoms with Gasteiger partial charge in [-0.05, 0) is 44.0 Å². The van der Waals surface area contributed by atoms with Gasteiger partial charge in [-0.2, -0.15) is 0 Å². The van der Waals surface area contributed by atoms with Crippen LogP contribution in [0.25, 0.3) is 6.08 Å². The second kappa shape index (κ2) is 8.25. The SMILES string of the molecule is CCCOc1ccc(/C=C/C(=O)NC(C)C)cc1OC. The quantitative estimate of drug-likeness (QED) is 0.779. The fourth-order valence-electron chi connectivity index (χ4n) is 1.62. The van der Waals surface area contributed by atoms with E-state index in [1.807, 2.05) is 32.0 Å². The second-order valence-electron chi connectivity index (χ2n) is 4.76. The van der Waals surface area contributed by atoms with E-state index in [0.29, 0.717) is 12.4 Å². The number of amides is 1. The summed E-state index contributed by atoms with van der Waals surface area (Å²) in [7, 11) is 1.60. The van der Waals surface area contributed by atoms with Gasteiger partial charge in [0.15, 0.2) is 11.5 Å². The number of rotatable bonds is 7. The zero-order chi connectivity index (χ0) is 15.0. The van der Waals surface area contributed by atoms with E-state index in [-0.39, 0.29) is 11.9 Å². The summed E-state index contributed by atoms with van der Waals surface area (Å²) in [5.41, 5.74) is 0.893. The Morgan fingerprint density at radius 1 is 1.35 bits per heavy atom. The van der Waals surface area contributed by atoms with Crippen molar-refractivity contribution < 1.29 is 14.3 Å². The van der Waals surface area contributed by atoms with Gasteiger partial charge in [0, 0.05) is 12.1 Å². The number of ether oxygens (including phenoxy) is 2. The van der Waals surface area contributed by atoms with Gasteiger partial charge in [-0.1, -0.05) is 13.0 Å². The van der Waals surface area contributed by atoms with Crippen molar-refractivity contribution in [1.29, 1.82) is 0 Å². The number of carbonyl (C=O) groups is 1. The molecule has 0 bridgehead atoms. The molecule has 0 fully saturated rings. The number of hydrogen-bond acceptors (Lipinski definition) is 3. The molecule has 0 saturated carbocycles. The number of carbonyl (C=O) groups excluding carboxylic acids is 1. The molecule has 0 aliphatic carbocycles. The van der Waals surface area contributed by atoms with Crippen LogP contribution in [0.3, 0.4) is 0 Å². The Morgan fingerprint density at radius 3 is 2.70 bits per heavy atom. The molecule has 0 aliphatic heterocycles. The zero-order valence-electron chi connectivity index (χ0n) is 12.6. The molecule has 0 saturated heterocycles. The Labute approximate surface area is 120 Å². The molecule has 1 amide bonds. The van der Waals surface area contributed by atoms with E-state index in [1.165, 1.54) is 6.08 Å². The first-order valence-corrected chi connectivity index (χ1v) is 6.86. The Morgan fingerprint density at radius 2 is 2.10 bits per heavy atom. The van der Waals surface area contributed by atoms with Crippen LogP contribution in [0.1, 0.15) is 32.8 Å². The summed E-state index contributed by atoms with van der Waals surface area (Å²) in [5, 5.41) is 2.80. The molecule has 0 aliphatic rings. The van der Waals surface area contributed by atoms with Crippen LogP contribution in [0.2, 0.25) is 0 Å². The fraction of sp³-hybridized carbons (Fsp3) is 0.438. The molecule has 110 valence electrons. The van der Waals surface area contributed by atoms with Crippen LogP contribution < -0.4 is 14.8 Å². The van der Waals surface area contributed by atoms with E-state index in [1.54, 1.807) is 13.2 Å². The van der Waals surface area contributed by atoms with Crippen molar-refractivity contribution in [3.05, 3.63) is 29.8 Å². The Balaban J connectivity index is 2.77. The lowest BCUT2D eigenvalue weighted by Crippen LogP contribution is -2.28. The fourth-order valence-corrected chi connectivity index (χ4v) is 1.62. The largest absolute Gasteiger partial charge is 0.493 e. The third kappa shape index (κ3) is 5.34. The van der Waals surface area contributed by atoms with Gasteiger partial charge in [-0.15, -0.1) is 0 Å². The lowest BCUT2D eigenvalue weighted by Gasteiger charge is -2.10. The van der Waals surface area contributed by atoms with Gasteiger partial charge in [-0.25, -0.2) is 0 Å². The molecule has 0 atom stereocenters. The maximum Gasteiger partial charge on any atom is 0.244 e. The first-order valence-electron chi connectivity index (χ1n) is 6.86. The topological polar surface area (TPSA) is 47.6 Å². The third-order valence-corrected chi connectivity index (χ3v) is 2.51. The monoisotopic (exact) mass is 277 g/mol. The maximum atomic E-state index is 11.5. The van der Waals surface area contributed by atoms with Crippen LogP contribution >= 0.6 is 0 Å². The van der Waals surface area contributed by atoms with Crippen LogP contribution in [0.4, 0.5) is 0 Å². The number of nitrogens with one attached hydrogen (secondary N) is 1. The highest BCUT2D eigenvalue weighted by Crippen LogP contribution is 2.28. The first-order chi connectivity index (χ1) is 9.56. The van der Waals surface area contributed by atoms with E-state index >= 15 is 0 Å². The molecular formula is C16H23NO3. The summed E-state index contributed by atoms with van der Waals surface area (Å²) in [6.45, 7) is 6.56.